The average molecular weight is 418 g/mol. The third-order valence-electron chi connectivity index (χ3n) is 7.39. The number of nitrogens with zero attached hydrogens (tertiary/aromatic N) is 1. The summed E-state index contributed by atoms with van der Waals surface area (Å²) >= 11 is 1.65. The fraction of sp³-hybridized carbons (Fsp3) is 0.783. The van der Waals surface area contributed by atoms with Crippen molar-refractivity contribution in [2.45, 2.75) is 83.1 Å². The van der Waals surface area contributed by atoms with Crippen LogP contribution in [0.2, 0.25) is 0 Å². The van der Waals surface area contributed by atoms with Gasteiger partial charge in [-0.3, -0.25) is 9.59 Å². The molecule has 29 heavy (non-hydrogen) atoms. The zero-order chi connectivity index (χ0) is 20.1. The molecule has 160 valence electrons. The second-order valence-electron chi connectivity index (χ2n) is 9.35. The van der Waals surface area contributed by atoms with E-state index in [1.165, 1.54) is 25.7 Å². The predicted molar refractivity (Wildman–Crippen MR) is 115 cm³/mol. The van der Waals surface area contributed by atoms with Gasteiger partial charge in [0.15, 0.2) is 0 Å². The van der Waals surface area contributed by atoms with Crippen molar-refractivity contribution in [1.82, 2.24) is 15.6 Å². The van der Waals surface area contributed by atoms with Crippen LogP contribution in [0.1, 0.15) is 88.1 Å². The molecule has 5 nitrogen and oxygen atoms in total. The maximum atomic E-state index is 12.6. The monoisotopic (exact) mass is 417 g/mol. The van der Waals surface area contributed by atoms with Gasteiger partial charge >= 0.3 is 0 Å². The minimum Gasteiger partial charge on any atom is -0.356 e. The minimum atomic E-state index is 0.0564. The summed E-state index contributed by atoms with van der Waals surface area (Å²) in [6.45, 7) is 0.818. The van der Waals surface area contributed by atoms with Crippen molar-refractivity contribution in [1.29, 1.82) is 0 Å². The summed E-state index contributed by atoms with van der Waals surface area (Å²) < 4.78 is 0. The van der Waals surface area contributed by atoms with Crippen LogP contribution in [0.4, 0.5) is 0 Å². The summed E-state index contributed by atoms with van der Waals surface area (Å²) in [5.41, 5.74) is 0. The zero-order valence-corrected chi connectivity index (χ0v) is 18.2. The molecule has 0 radical (unpaired) electrons. The lowest BCUT2D eigenvalue weighted by molar-refractivity contribution is -0.129. The van der Waals surface area contributed by atoms with Crippen molar-refractivity contribution < 1.29 is 9.59 Å². The molecule has 1 aromatic heterocycles. The smallest absolute Gasteiger partial charge is 0.223 e. The summed E-state index contributed by atoms with van der Waals surface area (Å²) in [6, 6.07) is 0.0564. The topological polar surface area (TPSA) is 71.1 Å². The number of thiazole rings is 1. The van der Waals surface area contributed by atoms with Gasteiger partial charge in [0.25, 0.3) is 0 Å². The number of amides is 2. The van der Waals surface area contributed by atoms with E-state index in [4.69, 9.17) is 0 Å². The molecular weight excluding hydrogens is 382 g/mol. The Labute approximate surface area is 178 Å². The highest BCUT2D eigenvalue weighted by molar-refractivity contribution is 7.09. The van der Waals surface area contributed by atoms with Gasteiger partial charge in [-0.05, 0) is 63.2 Å². The molecule has 2 amide bonds. The predicted octanol–water partition coefficient (Wildman–Crippen LogP) is 4.60. The molecule has 0 aromatic carbocycles. The molecule has 1 atom stereocenters. The van der Waals surface area contributed by atoms with Crippen LogP contribution >= 0.6 is 11.3 Å². The van der Waals surface area contributed by atoms with Crippen LogP contribution in [-0.2, 0) is 9.59 Å². The summed E-state index contributed by atoms with van der Waals surface area (Å²) in [5.74, 6) is 1.98. The summed E-state index contributed by atoms with van der Waals surface area (Å²) in [7, 11) is 0. The van der Waals surface area contributed by atoms with E-state index in [2.05, 4.69) is 15.6 Å². The molecule has 0 unspecified atom stereocenters. The van der Waals surface area contributed by atoms with Gasteiger partial charge in [0.2, 0.25) is 11.8 Å². The van der Waals surface area contributed by atoms with Crippen LogP contribution in [0.25, 0.3) is 0 Å². The molecular formula is C23H35N3O2S. The number of nitrogens with one attached hydrogen (secondary N) is 2. The minimum absolute atomic E-state index is 0.0564. The summed E-state index contributed by atoms with van der Waals surface area (Å²) in [6.07, 6.45) is 15.3. The van der Waals surface area contributed by atoms with Crippen LogP contribution in [0.5, 0.6) is 0 Å². The molecule has 1 heterocycles. The van der Waals surface area contributed by atoms with Crippen LogP contribution < -0.4 is 10.6 Å². The molecule has 0 bridgehead atoms. The fourth-order valence-corrected chi connectivity index (χ4v) is 5.97. The van der Waals surface area contributed by atoms with Gasteiger partial charge in [-0.15, -0.1) is 11.3 Å². The number of hydrogen-bond acceptors (Lipinski definition) is 4. The third-order valence-corrected chi connectivity index (χ3v) is 8.25. The normalized spacial score (nSPS) is 27.0. The number of carbonyl (C=O) groups excluding carboxylic acids is 2. The molecule has 3 saturated carbocycles. The van der Waals surface area contributed by atoms with Crippen LogP contribution in [-0.4, -0.2) is 23.3 Å². The van der Waals surface area contributed by atoms with E-state index in [0.717, 1.165) is 62.9 Å². The van der Waals surface area contributed by atoms with E-state index in [1.807, 2.05) is 11.6 Å². The van der Waals surface area contributed by atoms with Crippen molar-refractivity contribution in [3.8, 4) is 0 Å². The maximum absolute atomic E-state index is 12.6. The number of carbonyl (C=O) groups is 2. The van der Waals surface area contributed by atoms with Gasteiger partial charge in [-0.25, -0.2) is 4.98 Å². The molecule has 4 rings (SSSR count). The van der Waals surface area contributed by atoms with Gasteiger partial charge in [-0.2, -0.15) is 0 Å². The van der Waals surface area contributed by atoms with E-state index in [9.17, 15) is 9.59 Å². The largest absolute Gasteiger partial charge is 0.356 e. The van der Waals surface area contributed by atoms with Crippen molar-refractivity contribution in [2.24, 2.45) is 23.7 Å². The lowest BCUT2D eigenvalue weighted by atomic mass is 9.77. The Hall–Kier alpha value is -1.43. The first-order valence-corrected chi connectivity index (χ1v) is 12.6. The zero-order valence-electron chi connectivity index (χ0n) is 17.4. The molecule has 0 aliphatic heterocycles. The van der Waals surface area contributed by atoms with E-state index in [-0.39, 0.29) is 29.7 Å². The molecule has 1 aromatic rings. The second-order valence-corrected chi connectivity index (χ2v) is 10.3. The van der Waals surface area contributed by atoms with E-state index in [1.54, 1.807) is 11.3 Å². The third kappa shape index (κ3) is 5.39. The molecule has 0 spiro atoms. The average Bonchev–Trinajstić information content (AvgIpc) is 3.24. The van der Waals surface area contributed by atoms with E-state index in [0.29, 0.717) is 11.8 Å². The SMILES string of the molecule is O=C(NCC1CCC([C@H](NC(=O)C2CCC2)c2nccs2)CC1)C1CCCCC1. The van der Waals surface area contributed by atoms with Gasteiger partial charge < -0.3 is 10.6 Å². The number of hydrogen-bond donors (Lipinski definition) is 2. The maximum Gasteiger partial charge on any atom is 0.223 e. The van der Waals surface area contributed by atoms with E-state index < -0.39 is 0 Å². The first-order valence-electron chi connectivity index (χ1n) is 11.7. The number of aromatic nitrogens is 1. The van der Waals surface area contributed by atoms with Crippen LogP contribution in [0.3, 0.4) is 0 Å². The number of rotatable bonds is 7. The van der Waals surface area contributed by atoms with Crippen molar-refractivity contribution in [3.63, 3.8) is 0 Å². The lowest BCUT2D eigenvalue weighted by Gasteiger charge is -2.35. The van der Waals surface area contributed by atoms with Gasteiger partial charge in [0.05, 0.1) is 6.04 Å². The second kappa shape index (κ2) is 10.1. The van der Waals surface area contributed by atoms with Crippen molar-refractivity contribution in [2.75, 3.05) is 6.54 Å². The molecule has 3 aliphatic carbocycles. The first kappa shape index (κ1) is 20.8. The highest BCUT2D eigenvalue weighted by atomic mass is 32.1. The standard InChI is InChI=1S/C23H35N3O2S/c27-21(18-5-2-1-3-6-18)25-15-16-9-11-17(12-10-16)20(23-24-13-14-29-23)26-22(28)19-7-4-8-19/h13-14,16-20H,1-12,15H2,(H,25,27)(H,26,28)/t16?,17?,20-/m0/s1. The Morgan fingerprint density at radius 2 is 1.62 bits per heavy atom. The Kier molecular flexibility index (Phi) is 7.22. The Morgan fingerprint density at radius 3 is 2.24 bits per heavy atom. The molecule has 0 saturated heterocycles. The molecule has 3 fully saturated rings. The molecule has 3 aliphatic rings. The Balaban J connectivity index is 1.26. The van der Waals surface area contributed by atoms with Gasteiger partial charge in [0, 0.05) is 30.0 Å². The lowest BCUT2D eigenvalue weighted by Crippen LogP contribution is -2.41. The van der Waals surface area contributed by atoms with Gasteiger partial charge in [-0.1, -0.05) is 25.7 Å². The molecule has 2 N–H and O–H groups in total. The molecule has 6 heteroatoms. The van der Waals surface area contributed by atoms with Crippen molar-refractivity contribution in [3.05, 3.63) is 16.6 Å². The van der Waals surface area contributed by atoms with Gasteiger partial charge in [0.1, 0.15) is 5.01 Å². The Morgan fingerprint density at radius 1 is 0.931 bits per heavy atom. The first-order chi connectivity index (χ1) is 14.2. The summed E-state index contributed by atoms with van der Waals surface area (Å²) in [4.78, 5) is 29.5. The Bertz CT molecular complexity index is 660. The highest BCUT2D eigenvalue weighted by Gasteiger charge is 2.34. The quantitative estimate of drug-likeness (QED) is 0.681. The summed E-state index contributed by atoms with van der Waals surface area (Å²) in [5, 5.41) is 9.63. The highest BCUT2D eigenvalue weighted by Crippen LogP contribution is 2.38. The van der Waals surface area contributed by atoms with E-state index >= 15 is 0 Å². The van der Waals surface area contributed by atoms with Crippen LogP contribution in [0.15, 0.2) is 11.6 Å². The van der Waals surface area contributed by atoms with Crippen LogP contribution in [0, 0.1) is 23.7 Å². The fourth-order valence-electron chi connectivity index (χ4n) is 5.19. The van der Waals surface area contributed by atoms with Crippen molar-refractivity contribution >= 4 is 23.2 Å².